The highest BCUT2D eigenvalue weighted by molar-refractivity contribution is 7.09. The number of rotatable bonds is 3. The summed E-state index contributed by atoms with van der Waals surface area (Å²) in [4.78, 5) is 15.3. The lowest BCUT2D eigenvalue weighted by Crippen LogP contribution is -2.44. The van der Waals surface area contributed by atoms with Gasteiger partial charge in [-0.1, -0.05) is 18.9 Å². The van der Waals surface area contributed by atoms with E-state index in [0.717, 1.165) is 19.3 Å². The van der Waals surface area contributed by atoms with Gasteiger partial charge in [0.15, 0.2) is 0 Å². The molecule has 2 rings (SSSR count). The third-order valence-corrected chi connectivity index (χ3v) is 4.35. The van der Waals surface area contributed by atoms with E-state index in [9.17, 15) is 4.79 Å². The third kappa shape index (κ3) is 3.07. The monoisotopic (exact) mass is 252 g/mol. The number of nitrogens with zero attached hydrogens (tertiary/aromatic N) is 1. The van der Waals surface area contributed by atoms with Crippen LogP contribution in [0.5, 0.6) is 0 Å². The van der Waals surface area contributed by atoms with Gasteiger partial charge in [-0.05, 0) is 24.3 Å². The summed E-state index contributed by atoms with van der Waals surface area (Å²) < 4.78 is 0. The Kier molecular flexibility index (Phi) is 4.18. The molecule has 1 fully saturated rings. The Balaban J connectivity index is 1.94. The quantitative estimate of drug-likeness (QED) is 0.896. The maximum atomic E-state index is 12.3. The van der Waals surface area contributed by atoms with Crippen LogP contribution in [0.3, 0.4) is 0 Å². The summed E-state index contributed by atoms with van der Waals surface area (Å²) >= 11 is 1.69. The number of hydrogen-bond donors (Lipinski definition) is 1. The Labute approximate surface area is 107 Å². The van der Waals surface area contributed by atoms with Crippen molar-refractivity contribution >= 4 is 17.2 Å². The van der Waals surface area contributed by atoms with Crippen molar-refractivity contribution in [2.45, 2.75) is 38.3 Å². The molecule has 94 valence electrons. The lowest BCUT2D eigenvalue weighted by molar-refractivity contribution is -0.136. The van der Waals surface area contributed by atoms with E-state index in [1.54, 1.807) is 11.3 Å². The van der Waals surface area contributed by atoms with Crippen LogP contribution in [0.1, 0.15) is 30.6 Å². The van der Waals surface area contributed by atoms with Gasteiger partial charge >= 0.3 is 0 Å². The van der Waals surface area contributed by atoms with E-state index in [-0.39, 0.29) is 17.9 Å². The topological polar surface area (TPSA) is 46.3 Å². The molecule has 4 heteroatoms. The SMILES string of the molecule is CN(Cc1cccs1)C(=O)C1CCCCC1N. The molecular weight excluding hydrogens is 232 g/mol. The van der Waals surface area contributed by atoms with Gasteiger partial charge in [-0.15, -0.1) is 11.3 Å². The molecule has 0 spiro atoms. The average molecular weight is 252 g/mol. The van der Waals surface area contributed by atoms with E-state index < -0.39 is 0 Å². The smallest absolute Gasteiger partial charge is 0.227 e. The molecule has 1 amide bonds. The zero-order valence-electron chi connectivity index (χ0n) is 10.3. The number of amides is 1. The molecule has 0 aromatic carbocycles. The molecule has 1 aromatic heterocycles. The molecule has 0 saturated heterocycles. The molecule has 3 nitrogen and oxygen atoms in total. The standard InChI is InChI=1S/C13H20N2OS/c1-15(9-10-5-4-8-17-10)13(16)11-6-2-3-7-12(11)14/h4-5,8,11-12H,2-3,6-7,9,14H2,1H3. The summed E-state index contributed by atoms with van der Waals surface area (Å²) in [6.07, 6.45) is 4.24. The lowest BCUT2D eigenvalue weighted by atomic mass is 9.84. The van der Waals surface area contributed by atoms with E-state index in [0.29, 0.717) is 6.54 Å². The van der Waals surface area contributed by atoms with E-state index >= 15 is 0 Å². The van der Waals surface area contributed by atoms with Crippen molar-refractivity contribution in [1.29, 1.82) is 0 Å². The summed E-state index contributed by atoms with van der Waals surface area (Å²) in [5.74, 6) is 0.249. The van der Waals surface area contributed by atoms with Gasteiger partial charge in [-0.2, -0.15) is 0 Å². The normalized spacial score (nSPS) is 24.6. The Bertz CT molecular complexity index is 364. The van der Waals surface area contributed by atoms with Crippen LogP contribution in [0, 0.1) is 5.92 Å². The van der Waals surface area contributed by atoms with Crippen LogP contribution in [-0.4, -0.2) is 23.9 Å². The van der Waals surface area contributed by atoms with Crippen LogP contribution in [0.15, 0.2) is 17.5 Å². The molecule has 17 heavy (non-hydrogen) atoms. The Morgan fingerprint density at radius 2 is 2.29 bits per heavy atom. The van der Waals surface area contributed by atoms with Crippen LogP contribution in [0.25, 0.3) is 0 Å². The van der Waals surface area contributed by atoms with Crippen LogP contribution in [0.2, 0.25) is 0 Å². The second-order valence-corrected chi connectivity index (χ2v) is 5.86. The first kappa shape index (κ1) is 12.6. The maximum absolute atomic E-state index is 12.3. The predicted molar refractivity (Wildman–Crippen MR) is 70.7 cm³/mol. The van der Waals surface area contributed by atoms with Crippen LogP contribution in [0.4, 0.5) is 0 Å². The summed E-state index contributed by atoms with van der Waals surface area (Å²) in [6, 6.07) is 4.14. The molecule has 0 bridgehead atoms. The van der Waals surface area contributed by atoms with Gasteiger partial charge in [0.25, 0.3) is 0 Å². The molecule has 1 heterocycles. The molecule has 1 aliphatic rings. The van der Waals surface area contributed by atoms with Crippen molar-refractivity contribution in [3.63, 3.8) is 0 Å². The highest BCUT2D eigenvalue weighted by Crippen LogP contribution is 2.25. The zero-order chi connectivity index (χ0) is 12.3. The first-order valence-corrected chi connectivity index (χ1v) is 7.09. The number of carbonyl (C=O) groups excluding carboxylic acids is 1. The van der Waals surface area contributed by atoms with Crippen molar-refractivity contribution < 1.29 is 4.79 Å². The van der Waals surface area contributed by atoms with E-state index in [1.165, 1.54) is 11.3 Å². The van der Waals surface area contributed by atoms with Crippen LogP contribution < -0.4 is 5.73 Å². The second kappa shape index (κ2) is 5.65. The number of carbonyl (C=O) groups is 1. The van der Waals surface area contributed by atoms with Gasteiger partial charge in [0.2, 0.25) is 5.91 Å². The number of nitrogens with two attached hydrogens (primary N) is 1. The van der Waals surface area contributed by atoms with Gasteiger partial charge < -0.3 is 10.6 Å². The molecular formula is C13H20N2OS. The summed E-state index contributed by atoms with van der Waals surface area (Å²) in [5, 5.41) is 2.04. The maximum Gasteiger partial charge on any atom is 0.227 e. The van der Waals surface area contributed by atoms with Crippen molar-refractivity contribution in [3.8, 4) is 0 Å². The molecule has 1 aliphatic carbocycles. The first-order valence-electron chi connectivity index (χ1n) is 6.21. The van der Waals surface area contributed by atoms with Gasteiger partial charge in [-0.3, -0.25) is 4.79 Å². The zero-order valence-corrected chi connectivity index (χ0v) is 11.1. The fourth-order valence-corrected chi connectivity index (χ4v) is 3.22. The fourth-order valence-electron chi connectivity index (χ4n) is 2.46. The number of hydrogen-bond acceptors (Lipinski definition) is 3. The second-order valence-electron chi connectivity index (χ2n) is 4.83. The minimum atomic E-state index is 0.0358. The molecule has 1 aromatic rings. The third-order valence-electron chi connectivity index (χ3n) is 3.49. The van der Waals surface area contributed by atoms with Gasteiger partial charge in [0.1, 0.15) is 0 Å². The molecule has 0 aliphatic heterocycles. The predicted octanol–water partition coefficient (Wildman–Crippen LogP) is 2.22. The molecule has 0 radical (unpaired) electrons. The molecule has 2 unspecified atom stereocenters. The summed E-state index contributed by atoms with van der Waals surface area (Å²) in [7, 11) is 1.88. The fraction of sp³-hybridized carbons (Fsp3) is 0.615. The van der Waals surface area contributed by atoms with Gasteiger partial charge in [0, 0.05) is 18.0 Å². The largest absolute Gasteiger partial charge is 0.340 e. The number of thiophene rings is 1. The van der Waals surface area contributed by atoms with E-state index in [4.69, 9.17) is 5.73 Å². The minimum Gasteiger partial charge on any atom is -0.340 e. The van der Waals surface area contributed by atoms with Crippen molar-refractivity contribution in [1.82, 2.24) is 4.90 Å². The average Bonchev–Trinajstić information content (AvgIpc) is 2.81. The van der Waals surface area contributed by atoms with Crippen molar-refractivity contribution in [3.05, 3.63) is 22.4 Å². The molecule has 2 atom stereocenters. The van der Waals surface area contributed by atoms with Crippen molar-refractivity contribution in [2.75, 3.05) is 7.05 Å². The summed E-state index contributed by atoms with van der Waals surface area (Å²) in [5.41, 5.74) is 6.05. The van der Waals surface area contributed by atoms with Gasteiger partial charge in [0.05, 0.1) is 12.5 Å². The van der Waals surface area contributed by atoms with E-state index in [1.807, 2.05) is 23.4 Å². The van der Waals surface area contributed by atoms with Crippen LogP contribution in [-0.2, 0) is 11.3 Å². The molecule has 2 N–H and O–H groups in total. The highest BCUT2D eigenvalue weighted by Gasteiger charge is 2.30. The lowest BCUT2D eigenvalue weighted by Gasteiger charge is -2.30. The Morgan fingerprint density at radius 1 is 1.53 bits per heavy atom. The Morgan fingerprint density at radius 3 is 2.94 bits per heavy atom. The van der Waals surface area contributed by atoms with Crippen molar-refractivity contribution in [2.24, 2.45) is 11.7 Å². The van der Waals surface area contributed by atoms with Gasteiger partial charge in [-0.25, -0.2) is 0 Å². The summed E-state index contributed by atoms with van der Waals surface area (Å²) in [6.45, 7) is 0.708. The highest BCUT2D eigenvalue weighted by atomic mass is 32.1. The van der Waals surface area contributed by atoms with E-state index in [2.05, 4.69) is 6.07 Å². The van der Waals surface area contributed by atoms with Crippen LogP contribution >= 0.6 is 11.3 Å². The molecule has 1 saturated carbocycles. The minimum absolute atomic E-state index is 0.0358. The Hall–Kier alpha value is -0.870. The first-order chi connectivity index (χ1) is 8.18.